The second-order valence-corrected chi connectivity index (χ2v) is 16.8. The molecule has 4 heterocycles. The Hall–Kier alpha value is -1.57. The summed E-state index contributed by atoms with van der Waals surface area (Å²) in [5.74, 6) is 6.04. The van der Waals surface area contributed by atoms with Crippen LogP contribution in [0.15, 0.2) is 19.0 Å². The van der Waals surface area contributed by atoms with Crippen LogP contribution in [0.4, 0.5) is 17.3 Å². The molecule has 1 aromatic rings. The summed E-state index contributed by atoms with van der Waals surface area (Å²) in [5.41, 5.74) is 7.03. The molecule has 14 atom stereocenters. The second kappa shape index (κ2) is 14.6. The van der Waals surface area contributed by atoms with Crippen LogP contribution in [0.25, 0.3) is 0 Å². The van der Waals surface area contributed by atoms with Gasteiger partial charge < -0.3 is 26.2 Å². The molecule has 266 valence electrons. The Morgan fingerprint density at radius 2 is 1.98 bits per heavy atom. The fourth-order valence-electron chi connectivity index (χ4n) is 8.75. The van der Waals surface area contributed by atoms with Gasteiger partial charge in [0.1, 0.15) is 30.8 Å². The number of hydrogen-bond acceptors (Lipinski definition) is 12. The van der Waals surface area contributed by atoms with Crippen molar-refractivity contribution in [3.05, 3.63) is 19.0 Å². The summed E-state index contributed by atoms with van der Waals surface area (Å²) in [6, 6.07) is 0. The number of aliphatic hydroxyl groups is 1. The molecular formula is C34H58BN7O5P+. The predicted molar refractivity (Wildman–Crippen MR) is 191 cm³/mol. The molecule has 14 heteroatoms. The summed E-state index contributed by atoms with van der Waals surface area (Å²) in [5, 5.41) is 22.3. The standard InChI is InChI=1S/C34H58BN7O5P/c1-7-19(3)21(5)22(6)34(16-25(34)24-15-23(24)20(4)8-2)40-14-12-10-9-11-13-37-33-41-27-30(36)38-18-39-31(27)42(33)32-28(43)29-26(46-32)17-45-48(35,44)47-29/h7,18-26,28-29,32-33,37,40-41,43-44H,1,8-17H2,2-6H3,(H2,36,38,39)/q+1/t19?,20?,21?,22?,23?,24?,25?,26?,28?,29-,32?,33?,34?,48?/m1/s1. The van der Waals surface area contributed by atoms with Crippen LogP contribution < -0.4 is 26.6 Å². The molecular weight excluding hydrogens is 628 g/mol. The van der Waals surface area contributed by atoms with Gasteiger partial charge in [-0.3, -0.25) is 10.2 Å². The molecule has 0 spiro atoms. The number of fused-ring (bicyclic) bond motifs is 2. The highest BCUT2D eigenvalue weighted by atomic mass is 31.2. The van der Waals surface area contributed by atoms with E-state index in [0.29, 0.717) is 35.1 Å². The Kier molecular flexibility index (Phi) is 11.0. The van der Waals surface area contributed by atoms with E-state index >= 15 is 0 Å². The van der Waals surface area contributed by atoms with Crippen LogP contribution in [0.5, 0.6) is 0 Å². The molecule has 7 N–H and O–H groups in total. The highest BCUT2D eigenvalue weighted by Crippen LogP contribution is 2.65. The molecule has 48 heavy (non-hydrogen) atoms. The molecule has 4 fully saturated rings. The number of hydrogen-bond donors (Lipinski definition) is 6. The van der Waals surface area contributed by atoms with Crippen molar-refractivity contribution in [2.24, 2.45) is 41.4 Å². The summed E-state index contributed by atoms with van der Waals surface area (Å²) in [6.45, 7) is 17.9. The summed E-state index contributed by atoms with van der Waals surface area (Å²) < 4.78 is 16.9. The number of aromatic nitrogens is 2. The van der Waals surface area contributed by atoms with Crippen molar-refractivity contribution >= 4 is 32.7 Å². The van der Waals surface area contributed by atoms with Crippen molar-refractivity contribution in [2.75, 3.05) is 35.6 Å². The van der Waals surface area contributed by atoms with Crippen LogP contribution >= 0.6 is 7.82 Å². The Balaban J connectivity index is 0.983. The van der Waals surface area contributed by atoms with Crippen molar-refractivity contribution < 1.29 is 23.8 Å². The number of ether oxygens (including phenoxy) is 1. The lowest BCUT2D eigenvalue weighted by molar-refractivity contribution is -0.0452. The van der Waals surface area contributed by atoms with Crippen LogP contribution in [0.1, 0.15) is 79.6 Å². The molecule has 0 bridgehead atoms. The first kappa shape index (κ1) is 36.2. The zero-order valence-corrected chi connectivity index (χ0v) is 30.3. The fourth-order valence-corrected chi connectivity index (χ4v) is 9.78. The van der Waals surface area contributed by atoms with Gasteiger partial charge in [0.15, 0.2) is 30.3 Å². The van der Waals surface area contributed by atoms with E-state index in [1.807, 2.05) is 4.90 Å². The van der Waals surface area contributed by atoms with Crippen molar-refractivity contribution in [3.8, 4) is 0 Å². The third kappa shape index (κ3) is 7.13. The molecule has 13 unspecified atom stereocenters. The second-order valence-electron chi connectivity index (χ2n) is 15.2. The van der Waals surface area contributed by atoms with E-state index in [-0.39, 0.29) is 12.1 Å². The van der Waals surface area contributed by atoms with Crippen LogP contribution in [0, 0.1) is 41.4 Å². The Labute approximate surface area is 288 Å². The van der Waals surface area contributed by atoms with Gasteiger partial charge in [0.05, 0.1) is 0 Å². The van der Waals surface area contributed by atoms with E-state index < -0.39 is 38.7 Å². The monoisotopic (exact) mass is 686 g/mol. The Morgan fingerprint density at radius 3 is 2.71 bits per heavy atom. The normalized spacial score (nSPS) is 39.2. The first-order valence-electron chi connectivity index (χ1n) is 18.3. The lowest BCUT2D eigenvalue weighted by Gasteiger charge is -2.34. The SMILES string of the molecule is [B][P+]1(O)OCC2OC(N3c4ncnc(N)c4NC3NCCCCCCNC3(C(C)C(C)C(C)C=C)CC3C3CC3C(C)CC)C(O)[C@@H]2O1. The number of aliphatic hydroxyl groups excluding tert-OH is 1. The van der Waals surface area contributed by atoms with Gasteiger partial charge in [-0.1, -0.05) is 60.0 Å². The maximum atomic E-state index is 11.2. The fraction of sp³-hybridized carbons (Fsp3) is 0.824. The van der Waals surface area contributed by atoms with E-state index in [1.165, 1.54) is 25.6 Å². The third-order valence-corrected chi connectivity index (χ3v) is 13.5. The van der Waals surface area contributed by atoms with Gasteiger partial charge in [-0.05, 0) is 80.2 Å². The van der Waals surface area contributed by atoms with E-state index in [4.69, 9.17) is 27.1 Å². The third-order valence-electron chi connectivity index (χ3n) is 12.5. The average molecular weight is 687 g/mol. The van der Waals surface area contributed by atoms with E-state index in [9.17, 15) is 10.00 Å². The first-order valence-corrected chi connectivity index (χ1v) is 19.9. The van der Waals surface area contributed by atoms with Gasteiger partial charge in [0, 0.05) is 5.54 Å². The molecule has 12 nitrogen and oxygen atoms in total. The summed E-state index contributed by atoms with van der Waals surface area (Å²) >= 11 is 0. The summed E-state index contributed by atoms with van der Waals surface area (Å²) in [6.07, 6.45) is 8.15. The lowest BCUT2D eigenvalue weighted by atomic mass is 9.78. The highest BCUT2D eigenvalue weighted by Gasteiger charge is 2.66. The van der Waals surface area contributed by atoms with E-state index in [1.54, 1.807) is 0 Å². The van der Waals surface area contributed by atoms with Crippen LogP contribution in [-0.2, 0) is 13.8 Å². The number of nitrogens with zero attached hydrogens (tertiary/aromatic N) is 3. The van der Waals surface area contributed by atoms with Crippen LogP contribution in [-0.4, -0.2) is 83.6 Å². The number of rotatable bonds is 17. The van der Waals surface area contributed by atoms with Crippen LogP contribution in [0.3, 0.4) is 0 Å². The average Bonchev–Trinajstić information content (AvgIpc) is 3.95. The largest absolute Gasteiger partial charge is 0.488 e. The molecule has 6 rings (SSSR count). The number of nitrogens with two attached hydrogens (primary N) is 1. The minimum absolute atomic E-state index is 0.0266. The molecule has 0 amide bonds. The Bertz CT molecular complexity index is 1280. The molecule has 5 aliphatic rings. The predicted octanol–water partition coefficient (Wildman–Crippen LogP) is 4.19. The topological polar surface area (TPSA) is 159 Å². The van der Waals surface area contributed by atoms with Gasteiger partial charge >= 0.3 is 15.4 Å². The van der Waals surface area contributed by atoms with Crippen molar-refractivity contribution in [1.29, 1.82) is 0 Å². The Morgan fingerprint density at radius 1 is 1.23 bits per heavy atom. The summed E-state index contributed by atoms with van der Waals surface area (Å²) in [4.78, 5) is 20.5. The molecule has 2 aliphatic carbocycles. The maximum Gasteiger partial charge on any atom is 0.488 e. The van der Waals surface area contributed by atoms with Crippen molar-refractivity contribution in [1.82, 2.24) is 20.6 Å². The van der Waals surface area contributed by atoms with Gasteiger partial charge in [-0.25, -0.2) is 14.9 Å². The van der Waals surface area contributed by atoms with Gasteiger partial charge in [-0.2, -0.15) is 9.05 Å². The highest BCUT2D eigenvalue weighted by molar-refractivity contribution is 7.85. The molecule has 2 radical (unpaired) electrons. The lowest BCUT2D eigenvalue weighted by Crippen LogP contribution is -2.55. The van der Waals surface area contributed by atoms with Crippen molar-refractivity contribution in [3.63, 3.8) is 0 Å². The number of nitrogen functional groups attached to an aromatic ring is 1. The molecule has 1 aromatic heterocycles. The molecule has 0 aromatic carbocycles. The van der Waals surface area contributed by atoms with E-state index in [0.717, 1.165) is 62.4 Å². The minimum atomic E-state index is -3.50. The van der Waals surface area contributed by atoms with E-state index in [2.05, 4.69) is 73.2 Å². The molecule has 3 aliphatic heterocycles. The zero-order valence-electron chi connectivity index (χ0n) is 29.4. The quantitative estimate of drug-likeness (QED) is 0.0602. The van der Waals surface area contributed by atoms with Gasteiger partial charge in [0.2, 0.25) is 0 Å². The minimum Gasteiger partial charge on any atom is -0.385 e. The smallest absolute Gasteiger partial charge is 0.385 e. The summed E-state index contributed by atoms with van der Waals surface area (Å²) in [7, 11) is 2.22. The van der Waals surface area contributed by atoms with Crippen molar-refractivity contribution in [2.45, 2.75) is 116 Å². The number of nitrogens with one attached hydrogen (secondary N) is 3. The number of anilines is 3. The van der Waals surface area contributed by atoms with Gasteiger partial charge in [-0.15, -0.1) is 6.58 Å². The van der Waals surface area contributed by atoms with Gasteiger partial charge in [0.25, 0.3) is 0 Å². The zero-order chi connectivity index (χ0) is 34.4. The first-order chi connectivity index (χ1) is 22.9. The molecule has 2 saturated heterocycles. The maximum absolute atomic E-state index is 11.2. The van der Waals surface area contributed by atoms with Crippen LogP contribution in [0.2, 0.25) is 0 Å². The number of allylic oxidation sites excluding steroid dienone is 1. The number of unbranched alkanes of at least 4 members (excludes halogenated alkanes) is 3. The molecule has 2 saturated carbocycles.